The molecule has 1 amide bonds. The fourth-order valence-corrected chi connectivity index (χ4v) is 4.64. The first kappa shape index (κ1) is 31.1. The smallest absolute Gasteiger partial charge is 0.307 e. The molecule has 1 aromatic carbocycles. The molecule has 38 heavy (non-hydrogen) atoms. The molecule has 0 unspecified atom stereocenters. The lowest BCUT2D eigenvalue weighted by Gasteiger charge is -2.12. The van der Waals surface area contributed by atoms with Crippen molar-refractivity contribution in [3.8, 4) is 5.69 Å². The molecule has 0 saturated carbocycles. The first-order chi connectivity index (χ1) is 18.3. The van der Waals surface area contributed by atoms with Crippen LogP contribution in [0.15, 0.2) is 47.3 Å². The number of anilines is 1. The van der Waals surface area contributed by atoms with E-state index >= 15 is 0 Å². The first-order valence-corrected chi connectivity index (χ1v) is 14.4. The Hall–Kier alpha value is -3.09. The minimum Gasteiger partial charge on any atom is -0.481 e. The van der Waals surface area contributed by atoms with Gasteiger partial charge in [-0.25, -0.2) is 4.68 Å². The van der Waals surface area contributed by atoms with Crippen molar-refractivity contribution in [2.45, 2.75) is 104 Å². The van der Waals surface area contributed by atoms with Gasteiger partial charge in [0.2, 0.25) is 5.91 Å². The van der Waals surface area contributed by atoms with Crippen LogP contribution >= 0.6 is 0 Å². The average Bonchev–Trinajstić information content (AvgIpc) is 3.14. The van der Waals surface area contributed by atoms with Gasteiger partial charge in [-0.1, -0.05) is 83.3 Å². The molecule has 2 rings (SSSR count). The summed E-state index contributed by atoms with van der Waals surface area (Å²) in [4.78, 5) is 36.3. The summed E-state index contributed by atoms with van der Waals surface area (Å²) < 4.78 is 3.31. The zero-order valence-electron chi connectivity index (χ0n) is 23.6. The molecule has 0 fully saturated rings. The Labute approximate surface area is 227 Å². The molecule has 7 nitrogen and oxygen atoms in total. The Morgan fingerprint density at radius 2 is 1.50 bits per heavy atom. The number of benzene rings is 1. The number of allylic oxidation sites excluding steroid dienone is 2. The molecule has 210 valence electrons. The maximum absolute atomic E-state index is 12.5. The zero-order chi connectivity index (χ0) is 27.8. The van der Waals surface area contributed by atoms with Crippen molar-refractivity contribution in [3.05, 3.63) is 58.5 Å². The summed E-state index contributed by atoms with van der Waals surface area (Å²) in [5.41, 5.74) is 1.98. The number of aromatic nitrogens is 2. The Bertz CT molecular complexity index is 1070. The minimum atomic E-state index is -0.965. The van der Waals surface area contributed by atoms with Crippen LogP contribution in [0.2, 0.25) is 0 Å². The first-order valence-electron chi connectivity index (χ1n) is 14.4. The number of carbonyl (C=O) groups is 2. The van der Waals surface area contributed by atoms with Gasteiger partial charge in [0.15, 0.2) is 0 Å². The molecule has 7 heteroatoms. The van der Waals surface area contributed by atoms with E-state index in [-0.39, 0.29) is 17.9 Å². The number of aryl methyl sites for hydroxylation is 1. The maximum atomic E-state index is 12.5. The lowest BCUT2D eigenvalue weighted by atomic mass is 10.00. The number of carbonyl (C=O) groups excluding carboxylic acids is 1. The third-order valence-electron chi connectivity index (χ3n) is 7.09. The molecule has 0 aliphatic rings. The largest absolute Gasteiger partial charge is 0.481 e. The van der Waals surface area contributed by atoms with Crippen LogP contribution in [0.5, 0.6) is 0 Å². The molecule has 2 N–H and O–H groups in total. The van der Waals surface area contributed by atoms with Gasteiger partial charge in [0, 0.05) is 30.9 Å². The summed E-state index contributed by atoms with van der Waals surface area (Å²) in [6.45, 7) is 4.11. The lowest BCUT2D eigenvalue weighted by molar-refractivity contribution is -0.143. The van der Waals surface area contributed by atoms with Crippen LogP contribution < -0.4 is 10.9 Å². The second-order valence-corrected chi connectivity index (χ2v) is 10.3. The van der Waals surface area contributed by atoms with Crippen LogP contribution in [-0.4, -0.2) is 26.3 Å². The molecule has 2 aromatic rings. The number of unbranched alkanes of at least 4 members (excludes halogenated alkanes) is 11. The van der Waals surface area contributed by atoms with E-state index in [1.54, 1.807) is 39.7 Å². The predicted octanol–water partition coefficient (Wildman–Crippen LogP) is 7.16. The van der Waals surface area contributed by atoms with E-state index in [2.05, 4.69) is 12.2 Å². The highest BCUT2D eigenvalue weighted by Gasteiger charge is 2.20. The molecular formula is C31H47N3O4. The van der Waals surface area contributed by atoms with Crippen molar-refractivity contribution >= 4 is 17.6 Å². The number of carboxylic acids is 1. The highest BCUT2D eigenvalue weighted by molar-refractivity contribution is 5.93. The Morgan fingerprint density at radius 1 is 0.921 bits per heavy atom. The van der Waals surface area contributed by atoms with E-state index < -0.39 is 11.9 Å². The van der Waals surface area contributed by atoms with Crippen molar-refractivity contribution < 1.29 is 14.7 Å². The fourth-order valence-electron chi connectivity index (χ4n) is 4.64. The van der Waals surface area contributed by atoms with Crippen molar-refractivity contribution in [1.82, 2.24) is 9.36 Å². The van der Waals surface area contributed by atoms with Crippen molar-refractivity contribution in [2.75, 3.05) is 5.32 Å². The summed E-state index contributed by atoms with van der Waals surface area (Å²) >= 11 is 0. The Balaban J connectivity index is 1.66. The van der Waals surface area contributed by atoms with Crippen LogP contribution in [0, 0.1) is 12.8 Å². The van der Waals surface area contributed by atoms with Crippen LogP contribution in [0.4, 0.5) is 5.69 Å². The fraction of sp³-hybridized carbons (Fsp3) is 0.581. The molecular weight excluding hydrogens is 478 g/mol. The number of nitrogens with one attached hydrogen (secondary N) is 1. The standard InChI is InChI=1S/C31H47N3O4/c1-4-5-6-7-8-9-10-11-12-13-14-15-16-17-18-26(31(37)38)24-29(35)32-27-19-21-28(22-20-27)34-30(36)23-25(2)33(34)3/h16-17,19-23,26H,4-15,18,24H2,1-3H3,(H,32,35)(H,37,38)/b17-16-/t26-/m0/s1. The lowest BCUT2D eigenvalue weighted by Crippen LogP contribution is -2.22. The van der Waals surface area contributed by atoms with E-state index in [4.69, 9.17) is 0 Å². The molecule has 0 saturated heterocycles. The number of hydrogen-bond donors (Lipinski definition) is 2. The molecule has 1 aromatic heterocycles. The number of rotatable bonds is 19. The van der Waals surface area contributed by atoms with Gasteiger partial charge in [0.25, 0.3) is 5.56 Å². The molecule has 0 bridgehead atoms. The van der Waals surface area contributed by atoms with Gasteiger partial charge in [-0.15, -0.1) is 0 Å². The average molecular weight is 526 g/mol. The minimum absolute atomic E-state index is 0.0870. The third kappa shape index (κ3) is 11.1. The normalized spacial score (nSPS) is 12.2. The van der Waals surface area contributed by atoms with Gasteiger partial charge >= 0.3 is 5.97 Å². The van der Waals surface area contributed by atoms with Gasteiger partial charge < -0.3 is 10.4 Å². The summed E-state index contributed by atoms with van der Waals surface area (Å²) in [7, 11) is 1.81. The van der Waals surface area contributed by atoms with E-state index in [1.165, 1.54) is 64.2 Å². The second-order valence-electron chi connectivity index (χ2n) is 10.3. The van der Waals surface area contributed by atoms with E-state index in [9.17, 15) is 19.5 Å². The summed E-state index contributed by atoms with van der Waals surface area (Å²) in [6, 6.07) is 8.50. The second kappa shape index (κ2) is 17.4. The Morgan fingerprint density at radius 3 is 2.03 bits per heavy atom. The third-order valence-corrected chi connectivity index (χ3v) is 7.09. The van der Waals surface area contributed by atoms with Crippen molar-refractivity contribution in [2.24, 2.45) is 13.0 Å². The highest BCUT2D eigenvalue weighted by Crippen LogP contribution is 2.17. The Kier molecular flexibility index (Phi) is 14.3. The zero-order valence-corrected chi connectivity index (χ0v) is 23.6. The number of carboxylic acid groups (broad SMARTS) is 1. The molecule has 1 heterocycles. The number of hydrogen-bond acceptors (Lipinski definition) is 3. The van der Waals surface area contributed by atoms with Gasteiger partial charge in [-0.05, 0) is 50.5 Å². The van der Waals surface area contributed by atoms with Crippen LogP contribution in [-0.2, 0) is 16.6 Å². The molecule has 0 spiro atoms. The summed E-state index contributed by atoms with van der Waals surface area (Å²) in [5, 5.41) is 12.3. The highest BCUT2D eigenvalue weighted by atomic mass is 16.4. The summed E-state index contributed by atoms with van der Waals surface area (Å²) in [6.07, 6.45) is 19.5. The number of amides is 1. The summed E-state index contributed by atoms with van der Waals surface area (Å²) in [5.74, 6) is -2.06. The van der Waals surface area contributed by atoms with Gasteiger partial charge in [-0.3, -0.25) is 19.1 Å². The quantitative estimate of drug-likeness (QED) is 0.150. The monoisotopic (exact) mass is 525 g/mol. The van der Waals surface area contributed by atoms with Crippen LogP contribution in [0.25, 0.3) is 5.69 Å². The van der Waals surface area contributed by atoms with E-state index in [1.807, 2.05) is 26.1 Å². The van der Waals surface area contributed by atoms with Gasteiger partial charge in [-0.2, -0.15) is 0 Å². The van der Waals surface area contributed by atoms with Crippen LogP contribution in [0.3, 0.4) is 0 Å². The van der Waals surface area contributed by atoms with Crippen molar-refractivity contribution in [1.29, 1.82) is 0 Å². The topological polar surface area (TPSA) is 93.3 Å². The molecule has 0 aliphatic carbocycles. The SMILES string of the molecule is CCCCCCCCCCCCC/C=C\C[C@@H](CC(=O)Nc1ccc(-n2c(=O)cc(C)n2C)cc1)C(=O)O. The van der Waals surface area contributed by atoms with Gasteiger partial charge in [0.05, 0.1) is 11.6 Å². The molecule has 0 aliphatic heterocycles. The van der Waals surface area contributed by atoms with E-state index in [0.717, 1.165) is 18.5 Å². The molecule has 1 atom stereocenters. The van der Waals surface area contributed by atoms with E-state index in [0.29, 0.717) is 17.8 Å². The number of nitrogens with zero attached hydrogens (tertiary/aromatic N) is 2. The van der Waals surface area contributed by atoms with Crippen LogP contribution in [0.1, 0.15) is 103 Å². The van der Waals surface area contributed by atoms with Gasteiger partial charge in [0.1, 0.15) is 0 Å². The molecule has 0 radical (unpaired) electrons. The number of aliphatic carboxylic acids is 1. The van der Waals surface area contributed by atoms with Crippen molar-refractivity contribution in [3.63, 3.8) is 0 Å². The maximum Gasteiger partial charge on any atom is 0.307 e. The predicted molar refractivity (Wildman–Crippen MR) is 155 cm³/mol.